The van der Waals surface area contributed by atoms with E-state index in [1.54, 1.807) is 0 Å². The number of nitrogens with zero attached hydrogens (tertiary/aromatic N) is 4. The van der Waals surface area contributed by atoms with Crippen LogP contribution in [0.3, 0.4) is 0 Å². The van der Waals surface area contributed by atoms with Crippen LogP contribution in [0.1, 0.15) is 12.0 Å². The Bertz CT molecular complexity index is 1310. The van der Waals surface area contributed by atoms with Crippen LogP contribution in [0.4, 0.5) is 0 Å². The average molecular weight is 443 g/mol. The van der Waals surface area contributed by atoms with Crippen molar-refractivity contribution in [1.82, 2.24) is 19.7 Å². The molecule has 0 radical (unpaired) electrons. The van der Waals surface area contributed by atoms with E-state index >= 15 is 0 Å². The van der Waals surface area contributed by atoms with Crippen molar-refractivity contribution in [2.45, 2.75) is 30.3 Å². The number of para-hydroxylation sites is 1. The number of aryl methyl sites for hydroxylation is 1. The molecule has 0 bridgehead atoms. The molecule has 160 valence electrons. The second kappa shape index (κ2) is 8.59. The summed E-state index contributed by atoms with van der Waals surface area (Å²) >= 11 is 1.40. The number of cyclic esters (lactones) is 1. The van der Waals surface area contributed by atoms with Crippen molar-refractivity contribution >= 4 is 28.6 Å². The van der Waals surface area contributed by atoms with Gasteiger partial charge < -0.3 is 4.74 Å². The highest BCUT2D eigenvalue weighted by Crippen LogP contribution is 2.35. The van der Waals surface area contributed by atoms with Gasteiger partial charge in [0.05, 0.1) is 17.8 Å². The van der Waals surface area contributed by atoms with Crippen molar-refractivity contribution in [3.8, 4) is 22.6 Å². The highest BCUT2D eigenvalue weighted by Gasteiger charge is 2.30. The van der Waals surface area contributed by atoms with Gasteiger partial charge in [-0.1, -0.05) is 65.9 Å². The number of pyridine rings is 1. The summed E-state index contributed by atoms with van der Waals surface area (Å²) in [7, 11) is 0. The smallest absolute Gasteiger partial charge is 0.319 e. The lowest BCUT2D eigenvalue weighted by molar-refractivity contribution is -0.137. The van der Waals surface area contributed by atoms with Crippen molar-refractivity contribution < 1.29 is 9.53 Å². The highest BCUT2D eigenvalue weighted by molar-refractivity contribution is 8.00. The van der Waals surface area contributed by atoms with Crippen LogP contribution in [0, 0.1) is 6.92 Å². The van der Waals surface area contributed by atoms with Gasteiger partial charge in [0.1, 0.15) is 5.25 Å². The molecule has 0 aliphatic carbocycles. The van der Waals surface area contributed by atoms with Crippen LogP contribution >= 0.6 is 11.8 Å². The number of thioether (sulfide) groups is 1. The third-order valence-electron chi connectivity index (χ3n) is 5.47. The van der Waals surface area contributed by atoms with E-state index in [1.807, 2.05) is 34.9 Å². The number of benzene rings is 2. The molecule has 1 aliphatic heterocycles. The molecule has 3 heterocycles. The van der Waals surface area contributed by atoms with Gasteiger partial charge in [0.15, 0.2) is 11.0 Å². The molecule has 6 nitrogen and oxygen atoms in total. The summed E-state index contributed by atoms with van der Waals surface area (Å²) in [5.74, 6) is 0.534. The van der Waals surface area contributed by atoms with Crippen molar-refractivity contribution in [3.63, 3.8) is 0 Å². The summed E-state index contributed by atoms with van der Waals surface area (Å²) < 4.78 is 7.12. The molecule has 1 atom stereocenters. The third-order valence-corrected chi connectivity index (χ3v) is 6.69. The summed E-state index contributed by atoms with van der Waals surface area (Å²) in [5.41, 5.74) is 4.96. The molecule has 1 saturated heterocycles. The first-order valence-corrected chi connectivity index (χ1v) is 11.4. The zero-order chi connectivity index (χ0) is 22.1. The van der Waals surface area contributed by atoms with Gasteiger partial charge in [0.25, 0.3) is 0 Å². The third kappa shape index (κ3) is 3.80. The standard InChI is InChI=1S/C25H22N4O2S/c1-3-13-29-23(27-28-25(29)32-22-12-14-31-24(22)30)19-15-21(17-10-8-16(2)9-11-17)26-20-7-5-4-6-18(19)20/h3-11,15,22H,1,12-14H2,2H3/t22-/m1/s1. The van der Waals surface area contributed by atoms with E-state index in [2.05, 4.69) is 54.0 Å². The zero-order valence-corrected chi connectivity index (χ0v) is 18.5. The molecule has 2 aromatic heterocycles. The average Bonchev–Trinajstić information content (AvgIpc) is 3.40. The fraction of sp³-hybridized carbons (Fsp3) is 0.200. The zero-order valence-electron chi connectivity index (χ0n) is 17.7. The van der Waals surface area contributed by atoms with Crippen molar-refractivity contribution in [2.24, 2.45) is 0 Å². The van der Waals surface area contributed by atoms with E-state index in [0.29, 0.717) is 24.7 Å². The number of aromatic nitrogens is 4. The molecule has 1 fully saturated rings. The van der Waals surface area contributed by atoms with Gasteiger partial charge in [-0.3, -0.25) is 9.36 Å². The van der Waals surface area contributed by atoms with Gasteiger partial charge in [-0.25, -0.2) is 4.98 Å². The van der Waals surface area contributed by atoms with Crippen molar-refractivity contribution in [3.05, 3.63) is 72.8 Å². The molecular formula is C25H22N4O2S. The van der Waals surface area contributed by atoms with Crippen LogP contribution in [-0.2, 0) is 16.1 Å². The van der Waals surface area contributed by atoms with Gasteiger partial charge >= 0.3 is 5.97 Å². The number of hydrogen-bond donors (Lipinski definition) is 0. The Labute approximate surface area is 190 Å². The van der Waals surface area contributed by atoms with Crippen LogP contribution in [0.15, 0.2) is 72.4 Å². The molecule has 0 spiro atoms. The summed E-state index contributed by atoms with van der Waals surface area (Å²) in [6.45, 7) is 6.96. The minimum Gasteiger partial charge on any atom is -0.465 e. The summed E-state index contributed by atoms with van der Waals surface area (Å²) in [4.78, 5) is 16.9. The number of esters is 1. The predicted octanol–water partition coefficient (Wildman–Crippen LogP) is 5.06. The highest BCUT2D eigenvalue weighted by atomic mass is 32.2. The summed E-state index contributed by atoms with van der Waals surface area (Å²) in [6.07, 6.45) is 2.49. The minimum atomic E-state index is -0.257. The van der Waals surface area contributed by atoms with Crippen LogP contribution < -0.4 is 0 Å². The van der Waals surface area contributed by atoms with E-state index in [0.717, 1.165) is 33.5 Å². The number of allylic oxidation sites excluding steroid dienone is 1. The Kier molecular flexibility index (Phi) is 5.49. The van der Waals surface area contributed by atoms with Gasteiger partial charge in [-0.15, -0.1) is 16.8 Å². The number of fused-ring (bicyclic) bond motifs is 1. The predicted molar refractivity (Wildman–Crippen MR) is 126 cm³/mol. The Balaban J connectivity index is 1.65. The minimum absolute atomic E-state index is 0.194. The molecule has 4 aromatic rings. The molecule has 7 heteroatoms. The maximum absolute atomic E-state index is 12.0. The summed E-state index contributed by atoms with van der Waals surface area (Å²) in [5, 5.41) is 10.4. The molecule has 0 amide bonds. The van der Waals surface area contributed by atoms with Crippen LogP contribution in [-0.4, -0.2) is 37.6 Å². The molecule has 0 N–H and O–H groups in total. The van der Waals surface area contributed by atoms with E-state index in [-0.39, 0.29) is 11.2 Å². The lowest BCUT2D eigenvalue weighted by Gasteiger charge is -2.12. The molecule has 5 rings (SSSR count). The Hall–Kier alpha value is -3.45. The fourth-order valence-corrected chi connectivity index (χ4v) is 4.82. The van der Waals surface area contributed by atoms with Crippen LogP contribution in [0.5, 0.6) is 0 Å². The van der Waals surface area contributed by atoms with Crippen LogP contribution in [0.2, 0.25) is 0 Å². The topological polar surface area (TPSA) is 69.9 Å². The first kappa shape index (κ1) is 20.5. The Morgan fingerprint density at radius 1 is 1.19 bits per heavy atom. The number of carbonyl (C=O) groups excluding carboxylic acids is 1. The fourth-order valence-electron chi connectivity index (χ4n) is 3.81. The maximum Gasteiger partial charge on any atom is 0.319 e. The molecule has 1 aliphatic rings. The van der Waals surface area contributed by atoms with E-state index in [9.17, 15) is 4.79 Å². The second-order valence-corrected chi connectivity index (χ2v) is 8.88. The Morgan fingerprint density at radius 3 is 2.75 bits per heavy atom. The maximum atomic E-state index is 12.0. The number of rotatable bonds is 6. The molecular weight excluding hydrogens is 420 g/mol. The molecule has 0 unspecified atom stereocenters. The second-order valence-electron chi connectivity index (χ2n) is 7.71. The monoisotopic (exact) mass is 442 g/mol. The number of ether oxygens (including phenoxy) is 1. The number of carbonyl (C=O) groups is 1. The van der Waals surface area contributed by atoms with Crippen molar-refractivity contribution in [1.29, 1.82) is 0 Å². The largest absolute Gasteiger partial charge is 0.465 e. The van der Waals surface area contributed by atoms with Gasteiger partial charge in [-0.2, -0.15) is 0 Å². The van der Waals surface area contributed by atoms with Gasteiger partial charge in [0.2, 0.25) is 0 Å². The lowest BCUT2D eigenvalue weighted by Crippen LogP contribution is -2.11. The first-order chi connectivity index (χ1) is 15.6. The molecule has 0 saturated carbocycles. The normalized spacial score (nSPS) is 15.8. The SMILES string of the molecule is C=CCn1c(S[C@@H]2CCOC2=O)nnc1-c1cc(-c2ccc(C)cc2)nc2ccccc12. The van der Waals surface area contributed by atoms with E-state index in [4.69, 9.17) is 9.72 Å². The van der Waals surface area contributed by atoms with Gasteiger partial charge in [0, 0.05) is 29.5 Å². The number of hydrogen-bond acceptors (Lipinski definition) is 6. The van der Waals surface area contributed by atoms with Crippen molar-refractivity contribution in [2.75, 3.05) is 6.61 Å². The molecule has 2 aromatic carbocycles. The van der Waals surface area contributed by atoms with E-state index < -0.39 is 0 Å². The lowest BCUT2D eigenvalue weighted by atomic mass is 10.0. The first-order valence-electron chi connectivity index (χ1n) is 10.5. The van der Waals surface area contributed by atoms with E-state index in [1.165, 1.54) is 17.3 Å². The van der Waals surface area contributed by atoms with Crippen LogP contribution in [0.25, 0.3) is 33.5 Å². The molecule has 32 heavy (non-hydrogen) atoms. The van der Waals surface area contributed by atoms with Gasteiger partial charge in [-0.05, 0) is 19.1 Å². The summed E-state index contributed by atoms with van der Waals surface area (Å²) in [6, 6.07) is 18.4. The quantitative estimate of drug-likeness (QED) is 0.307. The Morgan fingerprint density at radius 2 is 2.00 bits per heavy atom.